The molecular weight excluding hydrogens is 326 g/mol. The Hall–Kier alpha value is -2.28. The van der Waals surface area contributed by atoms with Crippen molar-refractivity contribution in [2.75, 3.05) is 0 Å². The van der Waals surface area contributed by atoms with E-state index >= 15 is 0 Å². The Morgan fingerprint density at radius 2 is 1.11 bits per heavy atom. The van der Waals surface area contributed by atoms with E-state index in [-0.39, 0.29) is 0 Å². The highest BCUT2D eigenvalue weighted by atomic mass is 15.2. The molecule has 1 heteroatoms. The van der Waals surface area contributed by atoms with Gasteiger partial charge in [-0.15, -0.1) is 0 Å². The van der Waals surface area contributed by atoms with Crippen molar-refractivity contribution in [1.82, 2.24) is 4.90 Å². The van der Waals surface area contributed by atoms with Crippen molar-refractivity contribution in [3.8, 4) is 0 Å². The van der Waals surface area contributed by atoms with E-state index in [1.807, 2.05) is 106 Å². The molecule has 0 aromatic heterocycles. The van der Waals surface area contributed by atoms with Crippen LogP contribution in [0, 0.1) is 0 Å². The molecule has 0 aliphatic rings. The van der Waals surface area contributed by atoms with Crippen molar-refractivity contribution in [1.29, 1.82) is 0 Å². The molecule has 154 valence electrons. The van der Waals surface area contributed by atoms with Gasteiger partial charge in [-0.25, -0.2) is 0 Å². The van der Waals surface area contributed by atoms with Gasteiger partial charge < -0.3 is 4.90 Å². The zero-order valence-electron chi connectivity index (χ0n) is 19.7. The topological polar surface area (TPSA) is 3.24 Å². The molecule has 0 atom stereocenters. The summed E-state index contributed by atoms with van der Waals surface area (Å²) in [5, 5.41) is 0. The summed E-state index contributed by atoms with van der Waals surface area (Å²) in [6.45, 7) is 27.8. The van der Waals surface area contributed by atoms with Crippen molar-refractivity contribution in [2.24, 2.45) is 0 Å². The lowest BCUT2D eigenvalue weighted by atomic mass is 10.2. The standard InChI is InChI=1S/C20H27N.3C2H6/c1-7-13-17-20(16-10-4)21(18(11-5)14-8-2)19(12-6)15-9-3;3*1-2/h7-17H,2,5H2,1,3-4,6H3;3*1-2H3/b13-7-,15-9-,16-10-,18-14+,19-12+,20-17+;;;. The Balaban J connectivity index is -0.000000397. The molecule has 0 unspecified atom stereocenters. The van der Waals surface area contributed by atoms with Crippen molar-refractivity contribution in [3.63, 3.8) is 0 Å². The Morgan fingerprint density at radius 1 is 0.630 bits per heavy atom. The maximum Gasteiger partial charge on any atom is 0.0458 e. The third kappa shape index (κ3) is 15.7. The van der Waals surface area contributed by atoms with Crippen molar-refractivity contribution < 1.29 is 0 Å². The fourth-order valence-corrected chi connectivity index (χ4v) is 1.84. The molecule has 1 nitrogen and oxygen atoms in total. The van der Waals surface area contributed by atoms with Crippen LogP contribution in [0.15, 0.2) is 97.1 Å². The van der Waals surface area contributed by atoms with Crippen molar-refractivity contribution in [2.45, 2.75) is 69.2 Å². The maximum atomic E-state index is 3.92. The Bertz CT molecular complexity index is 508. The molecule has 0 amide bonds. The molecule has 0 fully saturated rings. The van der Waals surface area contributed by atoms with Crippen LogP contribution in [0.25, 0.3) is 0 Å². The van der Waals surface area contributed by atoms with E-state index in [2.05, 4.69) is 42.4 Å². The van der Waals surface area contributed by atoms with Gasteiger partial charge in [0.05, 0.1) is 0 Å². The van der Waals surface area contributed by atoms with Crippen molar-refractivity contribution >= 4 is 0 Å². The predicted molar refractivity (Wildman–Crippen MR) is 131 cm³/mol. The number of allylic oxidation sites excluding steroid dienone is 11. The Kier molecular flexibility index (Phi) is 34.2. The van der Waals surface area contributed by atoms with Crippen LogP contribution >= 0.6 is 0 Å². The van der Waals surface area contributed by atoms with E-state index in [4.69, 9.17) is 0 Å². The minimum absolute atomic E-state index is 0.977. The van der Waals surface area contributed by atoms with Gasteiger partial charge in [0.15, 0.2) is 0 Å². The SMILES string of the molecule is C=C/C=C(\C=C)N(C(/C=C\C)=C/C)C(/C=C\C)=C/C=C\C.CC.CC.CC. The molecule has 0 saturated carbocycles. The van der Waals surface area contributed by atoms with Gasteiger partial charge in [0.1, 0.15) is 0 Å². The summed E-state index contributed by atoms with van der Waals surface area (Å²) in [6, 6.07) is 0. The van der Waals surface area contributed by atoms with E-state index in [0.29, 0.717) is 0 Å². The summed E-state index contributed by atoms with van der Waals surface area (Å²) in [4.78, 5) is 2.15. The quantitative estimate of drug-likeness (QED) is 0.384. The van der Waals surface area contributed by atoms with Gasteiger partial charge in [-0.2, -0.15) is 0 Å². The average Bonchev–Trinajstić information content (AvgIpc) is 2.74. The monoisotopic (exact) mass is 371 g/mol. The van der Waals surface area contributed by atoms with Crippen LogP contribution in [0.3, 0.4) is 0 Å². The van der Waals surface area contributed by atoms with Crippen LogP contribution < -0.4 is 0 Å². The summed E-state index contributed by atoms with van der Waals surface area (Å²) >= 11 is 0. The molecule has 0 aliphatic heterocycles. The number of hydrogen-bond acceptors (Lipinski definition) is 1. The lowest BCUT2D eigenvalue weighted by Gasteiger charge is -2.28. The van der Waals surface area contributed by atoms with Crippen LogP contribution in [0.4, 0.5) is 0 Å². The molecule has 0 spiro atoms. The van der Waals surface area contributed by atoms with Gasteiger partial charge in [-0.3, -0.25) is 0 Å². The molecule has 0 radical (unpaired) electrons. The molecule has 0 bridgehead atoms. The molecule has 0 saturated heterocycles. The zero-order valence-corrected chi connectivity index (χ0v) is 19.7. The number of rotatable bonds is 8. The summed E-state index contributed by atoms with van der Waals surface area (Å²) < 4.78 is 0. The highest BCUT2D eigenvalue weighted by Crippen LogP contribution is 2.23. The summed E-state index contributed by atoms with van der Waals surface area (Å²) in [7, 11) is 0. The van der Waals surface area contributed by atoms with Crippen LogP contribution in [-0.4, -0.2) is 4.90 Å². The highest BCUT2D eigenvalue weighted by Gasteiger charge is 2.12. The first-order valence-corrected chi connectivity index (χ1v) is 10.2. The van der Waals surface area contributed by atoms with Crippen LogP contribution in [-0.2, 0) is 0 Å². The molecule has 0 heterocycles. The second-order valence-corrected chi connectivity index (χ2v) is 4.20. The molecule has 0 rings (SSSR count). The lowest BCUT2D eigenvalue weighted by molar-refractivity contribution is 0.577. The summed E-state index contributed by atoms with van der Waals surface area (Å²) in [5.74, 6) is 0. The van der Waals surface area contributed by atoms with Gasteiger partial charge in [0.25, 0.3) is 0 Å². The molecule has 0 aromatic rings. The zero-order chi connectivity index (χ0) is 22.1. The maximum absolute atomic E-state index is 3.92. The molecule has 0 N–H and O–H groups in total. The molecule has 0 aromatic carbocycles. The van der Waals surface area contributed by atoms with Gasteiger partial charge in [0.2, 0.25) is 0 Å². The second-order valence-electron chi connectivity index (χ2n) is 4.20. The predicted octanol–water partition coefficient (Wildman–Crippen LogP) is 9.14. The highest BCUT2D eigenvalue weighted by molar-refractivity contribution is 5.39. The molecule has 0 aliphatic carbocycles. The first-order chi connectivity index (χ1) is 13.2. The van der Waals surface area contributed by atoms with E-state index in [9.17, 15) is 0 Å². The second kappa shape index (κ2) is 28.5. The van der Waals surface area contributed by atoms with Gasteiger partial charge in [-0.05, 0) is 58.1 Å². The Morgan fingerprint density at radius 3 is 1.44 bits per heavy atom. The van der Waals surface area contributed by atoms with Gasteiger partial charge >= 0.3 is 0 Å². The van der Waals surface area contributed by atoms with Crippen LogP contribution in [0.2, 0.25) is 0 Å². The van der Waals surface area contributed by atoms with Crippen molar-refractivity contribution in [3.05, 3.63) is 97.1 Å². The summed E-state index contributed by atoms with van der Waals surface area (Å²) in [5.41, 5.74) is 3.12. The smallest absolute Gasteiger partial charge is 0.0458 e. The normalized spacial score (nSPS) is 11.9. The minimum Gasteiger partial charge on any atom is -0.311 e. The van der Waals surface area contributed by atoms with Gasteiger partial charge in [0, 0.05) is 17.1 Å². The third-order valence-electron chi connectivity index (χ3n) is 2.70. The third-order valence-corrected chi connectivity index (χ3v) is 2.70. The fourth-order valence-electron chi connectivity index (χ4n) is 1.84. The Labute approximate surface area is 171 Å². The van der Waals surface area contributed by atoms with Gasteiger partial charge in [-0.1, -0.05) is 91.2 Å². The van der Waals surface area contributed by atoms with Crippen LogP contribution in [0.5, 0.6) is 0 Å². The van der Waals surface area contributed by atoms with E-state index in [1.54, 1.807) is 6.08 Å². The van der Waals surface area contributed by atoms with Crippen LogP contribution in [0.1, 0.15) is 69.2 Å². The first kappa shape index (κ1) is 32.4. The molecular formula is C26H45N. The fraction of sp³-hybridized carbons (Fsp3) is 0.385. The van der Waals surface area contributed by atoms with E-state index in [0.717, 1.165) is 17.1 Å². The number of hydrogen-bond donors (Lipinski definition) is 0. The number of nitrogens with zero attached hydrogens (tertiary/aromatic N) is 1. The lowest BCUT2D eigenvalue weighted by Crippen LogP contribution is -2.19. The average molecular weight is 372 g/mol. The van der Waals surface area contributed by atoms with E-state index < -0.39 is 0 Å². The largest absolute Gasteiger partial charge is 0.311 e. The molecule has 27 heavy (non-hydrogen) atoms. The van der Waals surface area contributed by atoms with E-state index in [1.165, 1.54) is 0 Å². The first-order valence-electron chi connectivity index (χ1n) is 10.2. The minimum atomic E-state index is 0.977. The summed E-state index contributed by atoms with van der Waals surface area (Å²) in [6.07, 6.45) is 22.0.